The smallest absolute Gasteiger partial charge is 0.349 e. The van der Waals surface area contributed by atoms with E-state index in [2.05, 4.69) is 5.32 Å². The highest BCUT2D eigenvalue weighted by atomic mass is 35.5. The monoisotopic (exact) mass is 457 g/mol. The number of aryl methyl sites for hydroxylation is 2. The fourth-order valence-corrected chi connectivity index (χ4v) is 3.11. The maximum absolute atomic E-state index is 12.2. The van der Waals surface area contributed by atoms with Crippen molar-refractivity contribution in [2.75, 3.05) is 13.2 Å². The number of carbonyl (C=O) groups excluding carboxylic acids is 2. The molecule has 0 aliphatic carbocycles. The summed E-state index contributed by atoms with van der Waals surface area (Å²) in [6, 6.07) is 9.50. The number of nitrogens with one attached hydrogen (secondary N) is 1. The molecule has 0 aliphatic rings. The molecule has 1 heterocycles. The maximum atomic E-state index is 12.2. The van der Waals surface area contributed by atoms with Gasteiger partial charge < -0.3 is 19.2 Å². The number of hydrogen-bond donors (Lipinski definition) is 1. The largest absolute Gasteiger partial charge is 0.482 e. The third-order valence-electron chi connectivity index (χ3n) is 4.62. The van der Waals surface area contributed by atoms with Crippen molar-refractivity contribution in [2.24, 2.45) is 5.92 Å². The van der Waals surface area contributed by atoms with Crippen LogP contribution in [0.15, 0.2) is 45.6 Å². The second-order valence-corrected chi connectivity index (χ2v) is 8.26. The zero-order valence-corrected chi connectivity index (χ0v) is 19.0. The molecule has 0 fully saturated rings. The lowest BCUT2D eigenvalue weighted by Gasteiger charge is -2.10. The van der Waals surface area contributed by atoms with E-state index < -0.39 is 17.5 Å². The second kappa shape index (κ2) is 9.87. The highest BCUT2D eigenvalue weighted by molar-refractivity contribution is 6.32. The minimum Gasteiger partial charge on any atom is -0.482 e. The first-order chi connectivity index (χ1) is 15.1. The van der Waals surface area contributed by atoms with Crippen molar-refractivity contribution in [1.82, 2.24) is 5.32 Å². The number of benzene rings is 2. The van der Waals surface area contributed by atoms with Gasteiger partial charge in [-0.25, -0.2) is 9.59 Å². The van der Waals surface area contributed by atoms with Crippen LogP contribution >= 0.6 is 11.6 Å². The highest BCUT2D eigenvalue weighted by Gasteiger charge is 2.15. The van der Waals surface area contributed by atoms with Gasteiger partial charge in [0.2, 0.25) is 0 Å². The van der Waals surface area contributed by atoms with E-state index in [4.69, 9.17) is 25.5 Å². The van der Waals surface area contributed by atoms with Crippen LogP contribution in [0, 0.1) is 19.8 Å². The zero-order valence-electron chi connectivity index (χ0n) is 18.3. The summed E-state index contributed by atoms with van der Waals surface area (Å²) >= 11 is 6.13. The van der Waals surface area contributed by atoms with Gasteiger partial charge in [0, 0.05) is 23.0 Å². The molecule has 0 spiro atoms. The average Bonchev–Trinajstić information content (AvgIpc) is 2.73. The van der Waals surface area contributed by atoms with Crippen LogP contribution in [-0.2, 0) is 4.79 Å². The lowest BCUT2D eigenvalue weighted by atomic mass is 10.1. The van der Waals surface area contributed by atoms with Gasteiger partial charge in [-0.1, -0.05) is 25.4 Å². The van der Waals surface area contributed by atoms with Gasteiger partial charge in [-0.15, -0.1) is 0 Å². The normalized spacial score (nSPS) is 10.9. The third kappa shape index (κ3) is 5.68. The van der Waals surface area contributed by atoms with Gasteiger partial charge in [-0.2, -0.15) is 0 Å². The van der Waals surface area contributed by atoms with E-state index >= 15 is 0 Å². The molecule has 0 radical (unpaired) electrons. The Hall–Kier alpha value is -3.32. The summed E-state index contributed by atoms with van der Waals surface area (Å²) in [4.78, 5) is 36.6. The van der Waals surface area contributed by atoms with Gasteiger partial charge in [0.25, 0.3) is 5.91 Å². The summed E-state index contributed by atoms with van der Waals surface area (Å²) in [7, 11) is 0. The third-order valence-corrected chi connectivity index (χ3v) is 5.22. The first kappa shape index (κ1) is 23.3. The molecule has 1 aromatic heterocycles. The van der Waals surface area contributed by atoms with Gasteiger partial charge >= 0.3 is 11.6 Å². The van der Waals surface area contributed by atoms with Crippen molar-refractivity contribution < 1.29 is 23.5 Å². The van der Waals surface area contributed by atoms with E-state index in [1.165, 1.54) is 12.1 Å². The van der Waals surface area contributed by atoms with Gasteiger partial charge in [-0.3, -0.25) is 4.79 Å². The molecule has 1 N–H and O–H groups in total. The predicted molar refractivity (Wildman–Crippen MR) is 122 cm³/mol. The minimum absolute atomic E-state index is 0.0788. The van der Waals surface area contributed by atoms with Crippen molar-refractivity contribution in [1.29, 1.82) is 0 Å². The van der Waals surface area contributed by atoms with Crippen LogP contribution in [-0.4, -0.2) is 25.0 Å². The van der Waals surface area contributed by atoms with Gasteiger partial charge in [-0.05, 0) is 61.2 Å². The summed E-state index contributed by atoms with van der Waals surface area (Å²) in [5.41, 5.74) is 1.04. The van der Waals surface area contributed by atoms with Crippen molar-refractivity contribution in [3.8, 4) is 11.5 Å². The fourth-order valence-electron chi connectivity index (χ4n) is 3.00. The van der Waals surface area contributed by atoms with Crippen molar-refractivity contribution >= 4 is 34.4 Å². The Morgan fingerprint density at radius 3 is 2.41 bits per heavy atom. The summed E-state index contributed by atoms with van der Waals surface area (Å²) in [6.45, 7) is 7.74. The van der Waals surface area contributed by atoms with Crippen LogP contribution in [0.5, 0.6) is 11.5 Å². The lowest BCUT2D eigenvalue weighted by Crippen LogP contribution is -2.31. The first-order valence-corrected chi connectivity index (χ1v) is 10.5. The first-order valence-electron chi connectivity index (χ1n) is 10.1. The molecule has 7 nitrogen and oxygen atoms in total. The summed E-state index contributed by atoms with van der Waals surface area (Å²) in [6.07, 6.45) is 0. The predicted octanol–water partition coefficient (Wildman–Crippen LogP) is 4.43. The molecule has 8 heteroatoms. The number of amides is 1. The summed E-state index contributed by atoms with van der Waals surface area (Å²) < 4.78 is 16.0. The molecular weight excluding hydrogens is 434 g/mol. The summed E-state index contributed by atoms with van der Waals surface area (Å²) in [5, 5.41) is 3.87. The molecule has 0 saturated carbocycles. The molecule has 0 unspecified atom stereocenters. The number of carbonyl (C=O) groups is 2. The zero-order chi connectivity index (χ0) is 23.4. The topological polar surface area (TPSA) is 94.8 Å². The highest BCUT2D eigenvalue weighted by Crippen LogP contribution is 2.26. The van der Waals surface area contributed by atoms with Crippen LogP contribution in [0.4, 0.5) is 0 Å². The lowest BCUT2D eigenvalue weighted by molar-refractivity contribution is -0.136. The molecular formula is C24H24ClNO6. The van der Waals surface area contributed by atoms with Crippen molar-refractivity contribution in [3.63, 3.8) is 0 Å². The van der Waals surface area contributed by atoms with Crippen LogP contribution in [0.25, 0.3) is 11.0 Å². The second-order valence-electron chi connectivity index (χ2n) is 7.88. The number of ether oxygens (including phenoxy) is 2. The van der Waals surface area contributed by atoms with Crippen LogP contribution in [0.2, 0.25) is 5.02 Å². The molecule has 2 aromatic carbocycles. The van der Waals surface area contributed by atoms with E-state index in [1.807, 2.05) is 27.7 Å². The van der Waals surface area contributed by atoms with Crippen LogP contribution in [0.3, 0.4) is 0 Å². The van der Waals surface area contributed by atoms with Gasteiger partial charge in [0.15, 0.2) is 6.61 Å². The van der Waals surface area contributed by atoms with Gasteiger partial charge in [0.05, 0.1) is 0 Å². The average molecular weight is 458 g/mol. The Labute approximate surface area is 190 Å². The van der Waals surface area contributed by atoms with Crippen molar-refractivity contribution in [2.45, 2.75) is 27.7 Å². The number of rotatable bonds is 7. The molecule has 0 bridgehead atoms. The molecule has 0 saturated heterocycles. The Morgan fingerprint density at radius 1 is 1.06 bits per heavy atom. The summed E-state index contributed by atoms with van der Waals surface area (Å²) in [5.74, 6) is -0.166. The Kier molecular flexibility index (Phi) is 7.20. The minimum atomic E-state index is -0.765. The quantitative estimate of drug-likeness (QED) is 0.320. The number of esters is 1. The Bertz CT molecular complexity index is 1210. The van der Waals surface area contributed by atoms with E-state index in [9.17, 15) is 14.4 Å². The van der Waals surface area contributed by atoms with E-state index in [-0.39, 0.29) is 29.4 Å². The van der Waals surface area contributed by atoms with E-state index in [0.29, 0.717) is 22.7 Å². The number of halogens is 1. The molecule has 32 heavy (non-hydrogen) atoms. The SMILES string of the molecule is Cc1cc(OCC(=O)Oc2ccc3cc(C(=O)NCC(C)C)c(=O)oc3c2)cc(C)c1Cl. The fraction of sp³-hybridized carbons (Fsp3) is 0.292. The molecule has 1 amide bonds. The van der Waals surface area contributed by atoms with Crippen LogP contribution in [0.1, 0.15) is 35.3 Å². The Morgan fingerprint density at radius 2 is 1.75 bits per heavy atom. The van der Waals surface area contributed by atoms with Gasteiger partial charge in [0.1, 0.15) is 22.6 Å². The van der Waals surface area contributed by atoms with E-state index in [0.717, 1.165) is 11.1 Å². The maximum Gasteiger partial charge on any atom is 0.349 e. The molecule has 3 aromatic rings. The Balaban J connectivity index is 1.69. The molecule has 0 atom stereocenters. The standard InChI is InChI=1S/C24H24ClNO6/c1-13(2)11-26-23(28)19-9-16-5-6-17(10-20(16)32-24(19)29)31-21(27)12-30-18-7-14(3)22(25)15(4)8-18/h5-10,13H,11-12H2,1-4H3,(H,26,28). The van der Waals surface area contributed by atoms with Crippen molar-refractivity contribution in [3.05, 3.63) is 68.5 Å². The molecule has 168 valence electrons. The van der Waals surface area contributed by atoms with E-state index in [1.54, 1.807) is 24.3 Å². The molecule has 3 rings (SSSR count). The van der Waals surface area contributed by atoms with Crippen LogP contribution < -0.4 is 20.4 Å². The number of fused-ring (bicyclic) bond motifs is 1. The molecule has 0 aliphatic heterocycles. The number of hydrogen-bond acceptors (Lipinski definition) is 6.